The molecule has 44 heavy (non-hydrogen) atoms. The molecule has 2 aliphatic rings. The van der Waals surface area contributed by atoms with E-state index in [1.54, 1.807) is 19.2 Å². The number of methoxy groups -OCH3 is 1. The molecule has 3 aromatic carbocycles. The van der Waals surface area contributed by atoms with E-state index in [9.17, 15) is 13.2 Å². The maximum Gasteiger partial charge on any atom is 0.243 e. The maximum atomic E-state index is 14.1. The van der Waals surface area contributed by atoms with E-state index in [2.05, 4.69) is 47.2 Å². The molecule has 3 atom stereocenters. The zero-order valence-corrected chi connectivity index (χ0v) is 26.6. The first-order chi connectivity index (χ1) is 21.3. The highest BCUT2D eigenvalue weighted by atomic mass is 32.2. The Morgan fingerprint density at radius 2 is 1.86 bits per heavy atom. The number of carbonyl (C=O) groups is 1. The fraction of sp³-hybridized carbons (Fsp3) is 0.400. The van der Waals surface area contributed by atoms with Gasteiger partial charge in [-0.05, 0) is 96.5 Å². The van der Waals surface area contributed by atoms with E-state index in [0.29, 0.717) is 19.1 Å². The normalized spacial score (nSPS) is 19.2. The summed E-state index contributed by atoms with van der Waals surface area (Å²) in [6.45, 7) is 6.03. The van der Waals surface area contributed by atoms with Crippen LogP contribution in [0.4, 0.5) is 0 Å². The van der Waals surface area contributed by atoms with Crippen LogP contribution < -0.4 is 15.4 Å². The van der Waals surface area contributed by atoms with Gasteiger partial charge < -0.3 is 19.9 Å². The highest BCUT2D eigenvalue weighted by Crippen LogP contribution is 2.36. The van der Waals surface area contributed by atoms with Crippen LogP contribution in [-0.4, -0.2) is 42.9 Å². The molecule has 1 amide bonds. The van der Waals surface area contributed by atoms with Gasteiger partial charge in [-0.3, -0.25) is 4.79 Å². The Bertz CT molecular complexity index is 1770. The molecule has 2 heterocycles. The molecule has 0 fully saturated rings. The molecular weight excluding hydrogens is 572 g/mol. The van der Waals surface area contributed by atoms with Crippen molar-refractivity contribution < 1.29 is 17.9 Å². The second kappa shape index (κ2) is 12.8. The molecule has 2 N–H and O–H groups in total. The lowest BCUT2D eigenvalue weighted by Gasteiger charge is -2.36. The van der Waals surface area contributed by atoms with Crippen LogP contribution in [-0.2, 0) is 34.3 Å². The number of hydrogen-bond donors (Lipinski definition) is 2. The number of fused-ring (bicyclic) bond motifs is 3. The Hall–Kier alpha value is -3.66. The SMILES string of the molecule is CCC(C)NCc1ccc2c(c1)CCCC2NC(=O)CC1c2cccn2CCN1S(=O)(=O)c1ccc2cc(OC)ccc2c1. The lowest BCUT2D eigenvalue weighted by Crippen LogP contribution is -2.44. The van der Waals surface area contributed by atoms with Crippen molar-refractivity contribution in [1.82, 2.24) is 19.5 Å². The number of benzene rings is 3. The largest absolute Gasteiger partial charge is 0.497 e. The van der Waals surface area contributed by atoms with E-state index < -0.39 is 16.1 Å². The topological polar surface area (TPSA) is 92.7 Å². The van der Waals surface area contributed by atoms with Gasteiger partial charge in [0.05, 0.1) is 24.1 Å². The summed E-state index contributed by atoms with van der Waals surface area (Å²) in [6.07, 6.45) is 5.96. The summed E-state index contributed by atoms with van der Waals surface area (Å²) < 4.78 is 37.2. The predicted octanol–water partition coefficient (Wildman–Crippen LogP) is 5.87. The minimum Gasteiger partial charge on any atom is -0.497 e. The van der Waals surface area contributed by atoms with E-state index >= 15 is 0 Å². The third-order valence-electron chi connectivity index (χ3n) is 9.24. The summed E-state index contributed by atoms with van der Waals surface area (Å²) in [5.74, 6) is 0.575. The van der Waals surface area contributed by atoms with Crippen LogP contribution in [0.3, 0.4) is 0 Å². The van der Waals surface area contributed by atoms with Crippen molar-refractivity contribution >= 4 is 26.7 Å². The molecule has 1 aliphatic heterocycles. The number of sulfonamides is 1. The number of amides is 1. The average Bonchev–Trinajstić information content (AvgIpc) is 3.52. The Morgan fingerprint density at radius 1 is 1.05 bits per heavy atom. The van der Waals surface area contributed by atoms with Gasteiger partial charge in [-0.2, -0.15) is 4.31 Å². The summed E-state index contributed by atoms with van der Waals surface area (Å²) >= 11 is 0. The fourth-order valence-electron chi connectivity index (χ4n) is 6.55. The number of rotatable bonds is 10. The maximum absolute atomic E-state index is 14.1. The van der Waals surface area contributed by atoms with Gasteiger partial charge >= 0.3 is 0 Å². The van der Waals surface area contributed by atoms with Gasteiger partial charge in [-0.15, -0.1) is 0 Å². The van der Waals surface area contributed by atoms with Crippen molar-refractivity contribution in [2.24, 2.45) is 0 Å². The minimum atomic E-state index is -3.88. The lowest BCUT2D eigenvalue weighted by atomic mass is 9.86. The number of aryl methyl sites for hydroxylation is 1. The number of hydrogen-bond acceptors (Lipinski definition) is 5. The molecule has 9 heteroatoms. The first kappa shape index (κ1) is 30.4. The molecule has 0 saturated heterocycles. The molecule has 1 aliphatic carbocycles. The number of nitrogens with zero attached hydrogens (tertiary/aromatic N) is 2. The van der Waals surface area contributed by atoms with E-state index in [4.69, 9.17) is 4.74 Å². The minimum absolute atomic E-state index is 0.0523. The van der Waals surface area contributed by atoms with Gasteiger partial charge in [0.2, 0.25) is 15.9 Å². The molecule has 232 valence electrons. The Balaban J connectivity index is 1.22. The molecule has 0 saturated carbocycles. The predicted molar refractivity (Wildman–Crippen MR) is 173 cm³/mol. The van der Waals surface area contributed by atoms with Gasteiger partial charge in [0.1, 0.15) is 5.75 Å². The van der Waals surface area contributed by atoms with Crippen LogP contribution >= 0.6 is 0 Å². The van der Waals surface area contributed by atoms with Crippen molar-refractivity contribution in [3.05, 3.63) is 95.3 Å². The summed E-state index contributed by atoms with van der Waals surface area (Å²) in [4.78, 5) is 13.9. The molecule has 0 spiro atoms. The molecule has 6 rings (SSSR count). The summed E-state index contributed by atoms with van der Waals surface area (Å²) in [5, 5.41) is 8.55. The lowest BCUT2D eigenvalue weighted by molar-refractivity contribution is -0.123. The van der Waals surface area contributed by atoms with Gasteiger partial charge in [-0.25, -0.2) is 8.42 Å². The van der Waals surface area contributed by atoms with Crippen LogP contribution in [0.1, 0.15) is 74.0 Å². The first-order valence-electron chi connectivity index (χ1n) is 15.7. The van der Waals surface area contributed by atoms with E-state index in [0.717, 1.165) is 54.4 Å². The summed E-state index contributed by atoms with van der Waals surface area (Å²) in [7, 11) is -2.27. The number of aromatic nitrogens is 1. The fourth-order valence-corrected chi connectivity index (χ4v) is 8.18. The van der Waals surface area contributed by atoms with Crippen molar-refractivity contribution in [2.75, 3.05) is 13.7 Å². The summed E-state index contributed by atoms with van der Waals surface area (Å²) in [5.41, 5.74) is 4.55. The quantitative estimate of drug-likeness (QED) is 0.233. The van der Waals surface area contributed by atoms with Gasteiger partial charge in [-0.1, -0.05) is 37.3 Å². The second-order valence-electron chi connectivity index (χ2n) is 12.1. The standard InChI is InChI=1S/C35H42N4O4S/c1-4-24(2)36-23-25-10-15-31-28(19-25)7-5-8-32(31)37-35(40)22-34-33-9-6-16-38(33)17-18-39(34)44(41,42)30-14-12-26-20-29(43-3)13-11-27(26)21-30/h6,9-16,19-21,24,32,34,36H,4-5,7-8,17-18,22-23H2,1-3H3,(H,37,40). The molecule has 3 unspecified atom stereocenters. The van der Waals surface area contributed by atoms with Crippen LogP contribution in [0.2, 0.25) is 0 Å². The molecule has 0 radical (unpaired) electrons. The molecule has 8 nitrogen and oxygen atoms in total. The van der Waals surface area contributed by atoms with E-state index in [-0.39, 0.29) is 23.3 Å². The van der Waals surface area contributed by atoms with Gasteiger partial charge in [0, 0.05) is 44.0 Å². The van der Waals surface area contributed by atoms with Crippen LogP contribution in [0, 0.1) is 0 Å². The number of ether oxygens (including phenoxy) is 1. The van der Waals surface area contributed by atoms with Crippen molar-refractivity contribution in [2.45, 2.75) is 82.1 Å². The number of carbonyl (C=O) groups excluding carboxylic acids is 1. The smallest absolute Gasteiger partial charge is 0.243 e. The first-order valence-corrected chi connectivity index (χ1v) is 17.1. The van der Waals surface area contributed by atoms with Crippen LogP contribution in [0.15, 0.2) is 77.8 Å². The van der Waals surface area contributed by atoms with Crippen molar-refractivity contribution in [3.63, 3.8) is 0 Å². The van der Waals surface area contributed by atoms with Crippen molar-refractivity contribution in [1.29, 1.82) is 0 Å². The van der Waals surface area contributed by atoms with Crippen molar-refractivity contribution in [3.8, 4) is 5.75 Å². The van der Waals surface area contributed by atoms with E-state index in [1.165, 1.54) is 21.0 Å². The monoisotopic (exact) mass is 614 g/mol. The van der Waals surface area contributed by atoms with Crippen LogP contribution in [0.25, 0.3) is 10.8 Å². The van der Waals surface area contributed by atoms with E-state index in [1.807, 2.05) is 42.6 Å². The molecule has 4 aromatic rings. The molecule has 0 bridgehead atoms. The average molecular weight is 615 g/mol. The van der Waals surface area contributed by atoms with Gasteiger partial charge in [0.25, 0.3) is 0 Å². The zero-order valence-electron chi connectivity index (χ0n) is 25.8. The summed E-state index contributed by atoms with van der Waals surface area (Å²) in [6, 6.07) is 21.0. The number of nitrogens with one attached hydrogen (secondary N) is 2. The Morgan fingerprint density at radius 3 is 2.68 bits per heavy atom. The second-order valence-corrected chi connectivity index (χ2v) is 14.0. The van der Waals surface area contributed by atoms with Crippen LogP contribution in [0.5, 0.6) is 5.75 Å². The zero-order chi connectivity index (χ0) is 30.8. The third kappa shape index (κ3) is 6.14. The highest BCUT2D eigenvalue weighted by molar-refractivity contribution is 7.89. The molecule has 1 aromatic heterocycles. The van der Waals surface area contributed by atoms with Gasteiger partial charge in [0.15, 0.2) is 0 Å². The Kier molecular flexibility index (Phi) is 8.80. The Labute approximate surface area is 260 Å². The third-order valence-corrected chi connectivity index (χ3v) is 11.1. The molecular formula is C35H42N4O4S. The highest BCUT2D eigenvalue weighted by Gasteiger charge is 2.38.